The summed E-state index contributed by atoms with van der Waals surface area (Å²) in [4.78, 5) is 20.2. The van der Waals surface area contributed by atoms with Crippen LogP contribution in [-0.4, -0.2) is 28.7 Å². The maximum Gasteiger partial charge on any atom is 0.317 e. The number of anilines is 1. The lowest BCUT2D eigenvalue weighted by atomic mass is 10.2. The zero-order valence-corrected chi connectivity index (χ0v) is 17.1. The number of amides is 1. The number of nitrogens with one attached hydrogen (secondary N) is 2. The molecule has 2 heterocycles. The molecule has 28 heavy (non-hydrogen) atoms. The number of benzene rings is 2. The molecular formula is C20H19N4O2S2+. The third-order valence-corrected chi connectivity index (χ3v) is 6.10. The summed E-state index contributed by atoms with van der Waals surface area (Å²) < 4.78 is 7.23. The van der Waals surface area contributed by atoms with Crippen LogP contribution in [0.4, 0.5) is 5.13 Å². The van der Waals surface area contributed by atoms with Gasteiger partial charge in [-0.3, -0.25) is 4.79 Å². The van der Waals surface area contributed by atoms with Crippen molar-refractivity contribution in [1.82, 2.24) is 9.97 Å². The highest BCUT2D eigenvalue weighted by molar-refractivity contribution is 7.99. The molecule has 0 atom stereocenters. The van der Waals surface area contributed by atoms with Crippen LogP contribution in [0.5, 0.6) is 5.75 Å². The summed E-state index contributed by atoms with van der Waals surface area (Å²) in [6.45, 7) is 0. The minimum absolute atomic E-state index is 0.0840. The van der Waals surface area contributed by atoms with E-state index in [0.717, 1.165) is 33.2 Å². The summed E-state index contributed by atoms with van der Waals surface area (Å²) in [5, 5.41) is 6.34. The summed E-state index contributed by atoms with van der Waals surface area (Å²) >= 11 is 2.88. The Morgan fingerprint density at radius 2 is 2.04 bits per heavy atom. The number of fused-ring (bicyclic) bond motifs is 1. The molecule has 4 rings (SSSR count). The molecule has 0 saturated carbocycles. The Morgan fingerprint density at radius 1 is 1.25 bits per heavy atom. The first-order chi connectivity index (χ1) is 13.6. The predicted molar refractivity (Wildman–Crippen MR) is 113 cm³/mol. The molecule has 0 unspecified atom stereocenters. The van der Waals surface area contributed by atoms with Crippen molar-refractivity contribution in [3.8, 4) is 17.0 Å². The number of thiazole rings is 1. The van der Waals surface area contributed by atoms with E-state index in [1.165, 1.54) is 23.1 Å². The minimum atomic E-state index is -0.0840. The summed E-state index contributed by atoms with van der Waals surface area (Å²) in [5.41, 5.74) is 3.97. The smallest absolute Gasteiger partial charge is 0.317 e. The third-order valence-electron chi connectivity index (χ3n) is 4.29. The fourth-order valence-corrected chi connectivity index (χ4v) is 4.38. The van der Waals surface area contributed by atoms with Gasteiger partial charge in [0.2, 0.25) is 5.91 Å². The fourth-order valence-electron chi connectivity index (χ4n) is 2.83. The number of carbonyl (C=O) groups is 1. The molecule has 8 heteroatoms. The SMILES string of the molecule is COc1ccc(-c2csc(NC(=O)CSc3[nH]c4ccccc4[n+]3C)n2)cc1. The molecular weight excluding hydrogens is 392 g/mol. The first kappa shape index (κ1) is 18.5. The van der Waals surface area contributed by atoms with Gasteiger partial charge in [0, 0.05) is 10.9 Å². The highest BCUT2D eigenvalue weighted by Gasteiger charge is 2.17. The van der Waals surface area contributed by atoms with Crippen LogP contribution >= 0.6 is 23.1 Å². The van der Waals surface area contributed by atoms with E-state index in [2.05, 4.69) is 19.9 Å². The topological polar surface area (TPSA) is 70.9 Å². The maximum atomic E-state index is 12.3. The molecule has 0 radical (unpaired) electrons. The van der Waals surface area contributed by atoms with Crippen LogP contribution in [0.15, 0.2) is 59.1 Å². The van der Waals surface area contributed by atoms with Crippen molar-refractivity contribution in [3.63, 3.8) is 0 Å². The van der Waals surface area contributed by atoms with E-state index in [4.69, 9.17) is 4.74 Å². The summed E-state index contributed by atoms with van der Waals surface area (Å²) in [6, 6.07) is 15.7. The van der Waals surface area contributed by atoms with Crippen molar-refractivity contribution < 1.29 is 14.1 Å². The number of nitrogens with zero attached hydrogens (tertiary/aromatic N) is 2. The lowest BCUT2D eigenvalue weighted by molar-refractivity contribution is -0.683. The second-order valence-electron chi connectivity index (χ2n) is 6.11. The van der Waals surface area contributed by atoms with Gasteiger partial charge in [-0.15, -0.1) is 11.3 Å². The van der Waals surface area contributed by atoms with Gasteiger partial charge in [0.1, 0.15) is 5.75 Å². The van der Waals surface area contributed by atoms with Gasteiger partial charge in [-0.1, -0.05) is 12.1 Å². The Hall–Kier alpha value is -2.84. The number of ether oxygens (including phenoxy) is 1. The monoisotopic (exact) mass is 411 g/mol. The van der Waals surface area contributed by atoms with Crippen LogP contribution in [0.3, 0.4) is 0 Å². The predicted octanol–water partition coefficient (Wildman–Crippen LogP) is 3.86. The maximum absolute atomic E-state index is 12.3. The van der Waals surface area contributed by atoms with E-state index in [1.54, 1.807) is 7.11 Å². The van der Waals surface area contributed by atoms with Gasteiger partial charge in [0.25, 0.3) is 0 Å². The molecule has 2 aromatic carbocycles. The van der Waals surface area contributed by atoms with Crippen LogP contribution in [0, 0.1) is 0 Å². The number of aryl methyl sites for hydroxylation is 1. The standard InChI is InChI=1S/C20H18N4O2S2/c1-24-17-6-4-3-5-15(17)22-20(24)28-12-18(25)23-19-21-16(11-27-19)13-7-9-14(26-2)10-8-13/h3-11H,12H2,1-2H3,(H,21,23,25)/p+1. The van der Waals surface area contributed by atoms with Gasteiger partial charge in [0.05, 0.1) is 25.6 Å². The lowest BCUT2D eigenvalue weighted by Crippen LogP contribution is -2.29. The Morgan fingerprint density at radius 3 is 2.79 bits per heavy atom. The van der Waals surface area contributed by atoms with Crippen molar-refractivity contribution in [2.24, 2.45) is 7.05 Å². The number of imidazole rings is 1. The zero-order valence-electron chi connectivity index (χ0n) is 15.4. The molecule has 0 spiro atoms. The van der Waals surface area contributed by atoms with Gasteiger partial charge in [-0.05, 0) is 48.2 Å². The molecule has 0 fully saturated rings. The van der Waals surface area contributed by atoms with E-state index in [1.807, 2.05) is 61.0 Å². The molecule has 6 nitrogen and oxygen atoms in total. The highest BCUT2D eigenvalue weighted by atomic mass is 32.2. The molecule has 2 aromatic heterocycles. The largest absolute Gasteiger partial charge is 0.497 e. The van der Waals surface area contributed by atoms with Crippen molar-refractivity contribution in [1.29, 1.82) is 0 Å². The van der Waals surface area contributed by atoms with Crippen molar-refractivity contribution >= 4 is 45.2 Å². The van der Waals surface area contributed by atoms with E-state index in [-0.39, 0.29) is 5.91 Å². The van der Waals surface area contributed by atoms with Crippen molar-refractivity contribution in [3.05, 3.63) is 53.9 Å². The van der Waals surface area contributed by atoms with Gasteiger partial charge in [-0.25, -0.2) is 14.5 Å². The number of carbonyl (C=O) groups excluding carboxylic acids is 1. The number of H-pyrrole nitrogens is 1. The molecule has 0 aliphatic heterocycles. The number of thioether (sulfide) groups is 1. The Kier molecular flexibility index (Phi) is 5.31. The van der Waals surface area contributed by atoms with Crippen LogP contribution in [-0.2, 0) is 11.8 Å². The average Bonchev–Trinajstić information content (AvgIpc) is 3.31. The summed E-state index contributed by atoms with van der Waals surface area (Å²) in [5.74, 6) is 1.02. The minimum Gasteiger partial charge on any atom is -0.497 e. The average molecular weight is 412 g/mol. The van der Waals surface area contributed by atoms with Gasteiger partial charge in [0.15, 0.2) is 16.2 Å². The molecule has 142 valence electrons. The number of rotatable bonds is 6. The first-order valence-electron chi connectivity index (χ1n) is 8.63. The number of aromatic amines is 1. The highest BCUT2D eigenvalue weighted by Crippen LogP contribution is 2.26. The third kappa shape index (κ3) is 3.88. The van der Waals surface area contributed by atoms with Gasteiger partial charge >= 0.3 is 5.16 Å². The molecule has 1 amide bonds. The zero-order chi connectivity index (χ0) is 19.5. The fraction of sp³-hybridized carbons (Fsp3) is 0.150. The quantitative estimate of drug-likeness (QED) is 0.373. The van der Waals surface area contributed by atoms with E-state index < -0.39 is 0 Å². The van der Waals surface area contributed by atoms with Gasteiger partial charge in [-0.2, -0.15) is 0 Å². The number of para-hydroxylation sites is 2. The second-order valence-corrected chi connectivity index (χ2v) is 7.93. The number of hydrogen-bond donors (Lipinski definition) is 2. The Labute approximate surface area is 170 Å². The van der Waals surface area contributed by atoms with Crippen LogP contribution in [0.1, 0.15) is 0 Å². The second kappa shape index (κ2) is 8.04. The molecule has 0 aliphatic carbocycles. The molecule has 2 N–H and O–H groups in total. The van der Waals surface area contributed by atoms with Crippen LogP contribution < -0.4 is 14.6 Å². The van der Waals surface area contributed by atoms with Crippen LogP contribution in [0.25, 0.3) is 22.3 Å². The Balaban J connectivity index is 1.38. The number of aromatic nitrogens is 3. The van der Waals surface area contributed by atoms with E-state index in [9.17, 15) is 4.79 Å². The summed E-state index contributed by atoms with van der Waals surface area (Å²) in [7, 11) is 3.63. The normalized spacial score (nSPS) is 10.9. The lowest BCUT2D eigenvalue weighted by Gasteiger charge is -2.01. The number of hydrogen-bond acceptors (Lipinski definition) is 5. The van der Waals surface area contributed by atoms with E-state index >= 15 is 0 Å². The van der Waals surface area contributed by atoms with E-state index in [0.29, 0.717) is 10.9 Å². The molecule has 0 saturated heterocycles. The molecule has 0 aliphatic rings. The van der Waals surface area contributed by atoms with Crippen molar-refractivity contribution in [2.75, 3.05) is 18.2 Å². The summed E-state index contributed by atoms with van der Waals surface area (Å²) in [6.07, 6.45) is 0. The molecule has 0 bridgehead atoms. The molecule has 4 aromatic rings. The number of methoxy groups -OCH3 is 1. The van der Waals surface area contributed by atoms with Crippen molar-refractivity contribution in [2.45, 2.75) is 5.16 Å². The Bertz CT molecular complexity index is 1120. The first-order valence-corrected chi connectivity index (χ1v) is 10.5. The van der Waals surface area contributed by atoms with Crippen LogP contribution in [0.2, 0.25) is 0 Å². The van der Waals surface area contributed by atoms with Gasteiger partial charge < -0.3 is 10.1 Å².